The van der Waals surface area contributed by atoms with Crippen LogP contribution >= 0.6 is 0 Å². The third-order valence-corrected chi connectivity index (χ3v) is 1.90. The highest BCUT2D eigenvalue weighted by molar-refractivity contribution is 5.86. The molecule has 1 saturated heterocycles. The Morgan fingerprint density at radius 3 is 2.44 bits per heavy atom. The predicted molar refractivity (Wildman–Crippen MR) is 52.4 cm³/mol. The summed E-state index contributed by atoms with van der Waals surface area (Å²) in [6, 6.07) is 0. The summed E-state index contributed by atoms with van der Waals surface area (Å²) in [5.74, 6) is -3.80. The highest BCUT2D eigenvalue weighted by Crippen LogP contribution is 2.25. The number of ether oxygens (including phenoxy) is 1. The summed E-state index contributed by atoms with van der Waals surface area (Å²) in [6.45, 7) is 3.84. The quantitative estimate of drug-likeness (QED) is 0.643. The highest BCUT2D eigenvalue weighted by atomic mass is 19.3. The number of likely N-dealkylation sites (tertiary alicyclic amines) is 1. The van der Waals surface area contributed by atoms with Crippen molar-refractivity contribution >= 4 is 11.9 Å². The molecule has 0 aromatic heterocycles. The van der Waals surface area contributed by atoms with E-state index in [1.807, 2.05) is 0 Å². The first-order chi connectivity index (χ1) is 7.09. The summed E-state index contributed by atoms with van der Waals surface area (Å²) in [5.41, 5.74) is -0.757. The first-order valence-electron chi connectivity index (χ1n) is 4.96. The van der Waals surface area contributed by atoms with E-state index in [1.165, 1.54) is 0 Å². The number of Topliss-reactive ketones (excluding diaryl/α,β-unsaturated/α-hetero) is 1. The van der Waals surface area contributed by atoms with Crippen LogP contribution in [0.1, 0.15) is 27.2 Å². The molecule has 1 rings (SSSR count). The Balaban J connectivity index is 2.66. The Kier molecular flexibility index (Phi) is 3.21. The molecule has 0 aliphatic carbocycles. The SMILES string of the molecule is CC(C)(C)OC(=O)N1CC(=O)CC(F)(F)C1. The monoisotopic (exact) mass is 235 g/mol. The molecule has 0 unspecified atom stereocenters. The van der Waals surface area contributed by atoms with Gasteiger partial charge in [-0.3, -0.25) is 9.69 Å². The van der Waals surface area contributed by atoms with Gasteiger partial charge in [-0.25, -0.2) is 13.6 Å². The van der Waals surface area contributed by atoms with Crippen molar-refractivity contribution in [1.29, 1.82) is 0 Å². The molecule has 1 amide bonds. The zero-order valence-corrected chi connectivity index (χ0v) is 9.55. The molecule has 0 radical (unpaired) electrons. The van der Waals surface area contributed by atoms with Gasteiger partial charge in [0.25, 0.3) is 5.92 Å². The van der Waals surface area contributed by atoms with Crippen LogP contribution in [0.15, 0.2) is 0 Å². The van der Waals surface area contributed by atoms with Crippen molar-refractivity contribution in [3.8, 4) is 0 Å². The van der Waals surface area contributed by atoms with Crippen LogP contribution in [0.3, 0.4) is 0 Å². The Bertz CT molecular complexity index is 310. The summed E-state index contributed by atoms with van der Waals surface area (Å²) in [6.07, 6.45) is -1.67. The zero-order chi connectivity index (χ0) is 12.6. The molecule has 16 heavy (non-hydrogen) atoms. The second-order valence-corrected chi connectivity index (χ2v) is 4.91. The number of alkyl halides is 2. The topological polar surface area (TPSA) is 46.6 Å². The van der Waals surface area contributed by atoms with Crippen LogP contribution in [0.2, 0.25) is 0 Å². The summed E-state index contributed by atoms with van der Waals surface area (Å²) >= 11 is 0. The van der Waals surface area contributed by atoms with Crippen LogP contribution in [0.4, 0.5) is 13.6 Å². The average Bonchev–Trinajstić information content (AvgIpc) is 1.96. The van der Waals surface area contributed by atoms with Crippen LogP contribution in [0, 0.1) is 0 Å². The van der Waals surface area contributed by atoms with Gasteiger partial charge in [-0.2, -0.15) is 0 Å². The second kappa shape index (κ2) is 3.99. The van der Waals surface area contributed by atoms with E-state index >= 15 is 0 Å². The number of nitrogens with zero attached hydrogens (tertiary/aromatic N) is 1. The van der Waals surface area contributed by atoms with E-state index in [2.05, 4.69) is 0 Å². The Hall–Kier alpha value is -1.20. The first kappa shape index (κ1) is 12.9. The maximum absolute atomic E-state index is 13.0. The van der Waals surface area contributed by atoms with Gasteiger partial charge in [0.1, 0.15) is 5.60 Å². The van der Waals surface area contributed by atoms with E-state index in [9.17, 15) is 18.4 Å². The fourth-order valence-corrected chi connectivity index (χ4v) is 1.40. The molecule has 0 atom stereocenters. The molecule has 1 fully saturated rings. The summed E-state index contributed by atoms with van der Waals surface area (Å²) in [4.78, 5) is 23.2. The lowest BCUT2D eigenvalue weighted by atomic mass is 10.1. The molecule has 0 saturated carbocycles. The van der Waals surface area contributed by atoms with Crippen LogP contribution < -0.4 is 0 Å². The number of carbonyl (C=O) groups is 2. The van der Waals surface area contributed by atoms with Crippen molar-refractivity contribution in [2.24, 2.45) is 0 Å². The third kappa shape index (κ3) is 3.75. The van der Waals surface area contributed by atoms with Gasteiger partial charge >= 0.3 is 6.09 Å². The van der Waals surface area contributed by atoms with Crippen LogP contribution in [-0.4, -0.2) is 41.4 Å². The van der Waals surface area contributed by atoms with Crippen LogP contribution in [0.25, 0.3) is 0 Å². The molecule has 6 heteroatoms. The lowest BCUT2D eigenvalue weighted by molar-refractivity contribution is -0.137. The molecule has 0 aromatic rings. The van der Waals surface area contributed by atoms with Gasteiger partial charge in [0, 0.05) is 0 Å². The molecule has 1 heterocycles. The highest BCUT2D eigenvalue weighted by Gasteiger charge is 2.42. The minimum Gasteiger partial charge on any atom is -0.444 e. The smallest absolute Gasteiger partial charge is 0.410 e. The molecule has 0 bridgehead atoms. The van der Waals surface area contributed by atoms with Crippen molar-refractivity contribution in [1.82, 2.24) is 4.90 Å². The van der Waals surface area contributed by atoms with Gasteiger partial charge in [-0.1, -0.05) is 0 Å². The number of hydrogen-bond donors (Lipinski definition) is 0. The van der Waals surface area contributed by atoms with Crippen LogP contribution in [-0.2, 0) is 9.53 Å². The van der Waals surface area contributed by atoms with Gasteiger partial charge in [-0.05, 0) is 20.8 Å². The molecule has 1 aliphatic rings. The second-order valence-electron chi connectivity index (χ2n) is 4.91. The first-order valence-corrected chi connectivity index (χ1v) is 4.96. The molecule has 0 spiro atoms. The van der Waals surface area contributed by atoms with E-state index in [4.69, 9.17) is 4.74 Å². The molecular weight excluding hydrogens is 220 g/mol. The average molecular weight is 235 g/mol. The number of ketones is 1. The molecule has 92 valence electrons. The molecule has 0 aromatic carbocycles. The van der Waals surface area contributed by atoms with Gasteiger partial charge in [0.2, 0.25) is 0 Å². The van der Waals surface area contributed by atoms with E-state index in [1.54, 1.807) is 20.8 Å². The maximum atomic E-state index is 13.0. The fraction of sp³-hybridized carbons (Fsp3) is 0.800. The summed E-state index contributed by atoms with van der Waals surface area (Å²) in [5, 5.41) is 0. The van der Waals surface area contributed by atoms with Crippen LogP contribution in [0.5, 0.6) is 0 Å². The van der Waals surface area contributed by atoms with E-state index < -0.39 is 36.4 Å². The Morgan fingerprint density at radius 2 is 2.00 bits per heavy atom. The summed E-state index contributed by atoms with van der Waals surface area (Å²) in [7, 11) is 0. The minimum atomic E-state index is -3.15. The minimum absolute atomic E-state index is 0.301. The molecule has 4 nitrogen and oxygen atoms in total. The number of hydrogen-bond acceptors (Lipinski definition) is 3. The normalized spacial score (nSPS) is 20.8. The number of piperidine rings is 1. The van der Waals surface area contributed by atoms with E-state index in [0.29, 0.717) is 0 Å². The van der Waals surface area contributed by atoms with Gasteiger partial charge in [0.15, 0.2) is 5.78 Å². The van der Waals surface area contributed by atoms with Crippen molar-refractivity contribution in [3.05, 3.63) is 0 Å². The van der Waals surface area contributed by atoms with Crippen molar-refractivity contribution in [2.75, 3.05) is 13.1 Å². The molecular formula is C10H15F2NO3. The lowest BCUT2D eigenvalue weighted by Gasteiger charge is -2.32. The zero-order valence-electron chi connectivity index (χ0n) is 9.55. The maximum Gasteiger partial charge on any atom is 0.410 e. The van der Waals surface area contributed by atoms with E-state index in [-0.39, 0.29) is 6.54 Å². The predicted octanol–water partition coefficient (Wildman–Crippen LogP) is 1.83. The molecule has 0 N–H and O–H groups in total. The van der Waals surface area contributed by atoms with Gasteiger partial charge in [-0.15, -0.1) is 0 Å². The fourth-order valence-electron chi connectivity index (χ4n) is 1.40. The third-order valence-electron chi connectivity index (χ3n) is 1.90. The van der Waals surface area contributed by atoms with E-state index in [0.717, 1.165) is 4.90 Å². The number of halogens is 2. The lowest BCUT2D eigenvalue weighted by Crippen LogP contribution is -2.51. The Labute approximate surface area is 92.5 Å². The van der Waals surface area contributed by atoms with Gasteiger partial charge < -0.3 is 4.74 Å². The number of carbonyl (C=O) groups excluding carboxylic acids is 2. The standard InChI is InChI=1S/C10H15F2NO3/c1-9(2,3)16-8(15)13-5-7(14)4-10(11,12)6-13/h4-6H2,1-3H3. The van der Waals surface area contributed by atoms with Crippen molar-refractivity contribution in [3.63, 3.8) is 0 Å². The molecule has 1 aliphatic heterocycles. The van der Waals surface area contributed by atoms with Crippen molar-refractivity contribution < 1.29 is 23.1 Å². The number of amides is 1. The summed E-state index contributed by atoms with van der Waals surface area (Å²) < 4.78 is 31.0. The Morgan fingerprint density at radius 1 is 1.44 bits per heavy atom. The largest absolute Gasteiger partial charge is 0.444 e. The van der Waals surface area contributed by atoms with Gasteiger partial charge in [0.05, 0.1) is 19.5 Å². The van der Waals surface area contributed by atoms with Crippen molar-refractivity contribution in [2.45, 2.75) is 38.7 Å². The number of rotatable bonds is 0.